The van der Waals surface area contributed by atoms with Crippen LogP contribution >= 0.6 is 0 Å². The number of benzene rings is 2. The fraction of sp³-hybridized carbons (Fsp3) is 0.143. The van der Waals surface area contributed by atoms with E-state index in [1.54, 1.807) is 12.1 Å². The van der Waals surface area contributed by atoms with Crippen molar-refractivity contribution in [3.05, 3.63) is 95.1 Å². The Kier molecular flexibility index (Phi) is 5.59. The van der Waals surface area contributed by atoms with Crippen molar-refractivity contribution < 1.29 is 13.9 Å². The summed E-state index contributed by atoms with van der Waals surface area (Å²) in [5.41, 5.74) is 4.63. The fourth-order valence-corrected chi connectivity index (χ4v) is 2.43. The van der Waals surface area contributed by atoms with Gasteiger partial charge >= 0.3 is 6.09 Å². The van der Waals surface area contributed by atoms with Crippen LogP contribution in [0.4, 0.5) is 14.9 Å². The molecule has 0 aliphatic heterocycles. The van der Waals surface area contributed by atoms with E-state index in [4.69, 9.17) is 4.74 Å². The summed E-state index contributed by atoms with van der Waals surface area (Å²) in [5, 5.41) is 2.67. The van der Waals surface area contributed by atoms with E-state index in [0.29, 0.717) is 5.69 Å². The van der Waals surface area contributed by atoms with Crippen molar-refractivity contribution in [2.75, 3.05) is 5.32 Å². The van der Waals surface area contributed by atoms with Gasteiger partial charge in [0, 0.05) is 17.6 Å². The largest absolute Gasteiger partial charge is 0.444 e. The maximum Gasteiger partial charge on any atom is 0.411 e. The predicted octanol–water partition coefficient (Wildman–Crippen LogP) is 4.87. The van der Waals surface area contributed by atoms with Gasteiger partial charge in [0.15, 0.2) is 0 Å². The highest BCUT2D eigenvalue weighted by Crippen LogP contribution is 2.14. The Hall–Kier alpha value is -3.21. The SMILES string of the molecule is Cc1ccc(Cc2ccc(NC(=O)OCc3ccc(F)cc3)cc2)cn1. The zero-order valence-electron chi connectivity index (χ0n) is 14.4. The number of amides is 1. The third-order valence-corrected chi connectivity index (χ3v) is 3.86. The van der Waals surface area contributed by atoms with Crippen LogP contribution in [0, 0.1) is 12.7 Å². The van der Waals surface area contributed by atoms with Gasteiger partial charge < -0.3 is 4.74 Å². The van der Waals surface area contributed by atoms with E-state index < -0.39 is 6.09 Å². The number of halogens is 1. The highest BCUT2D eigenvalue weighted by molar-refractivity contribution is 5.84. The summed E-state index contributed by atoms with van der Waals surface area (Å²) in [5.74, 6) is -0.320. The van der Waals surface area contributed by atoms with E-state index in [-0.39, 0.29) is 12.4 Å². The van der Waals surface area contributed by atoms with Crippen LogP contribution in [0.5, 0.6) is 0 Å². The molecule has 26 heavy (non-hydrogen) atoms. The normalized spacial score (nSPS) is 10.4. The Bertz CT molecular complexity index is 860. The van der Waals surface area contributed by atoms with Crippen LogP contribution in [0.3, 0.4) is 0 Å². The first-order chi connectivity index (χ1) is 12.6. The Labute approximate surface area is 151 Å². The highest BCUT2D eigenvalue weighted by Gasteiger charge is 2.05. The molecule has 1 N–H and O–H groups in total. The second-order valence-corrected chi connectivity index (χ2v) is 6.01. The first kappa shape index (κ1) is 17.6. The summed E-state index contributed by atoms with van der Waals surface area (Å²) in [6.45, 7) is 2.05. The maximum absolute atomic E-state index is 12.8. The molecule has 5 heteroatoms. The van der Waals surface area contributed by atoms with Crippen LogP contribution < -0.4 is 5.32 Å². The molecule has 0 saturated heterocycles. The van der Waals surface area contributed by atoms with E-state index in [2.05, 4.69) is 16.4 Å². The van der Waals surface area contributed by atoms with E-state index in [1.165, 1.54) is 12.1 Å². The second kappa shape index (κ2) is 8.25. The molecule has 0 aliphatic rings. The lowest BCUT2D eigenvalue weighted by Crippen LogP contribution is -2.13. The smallest absolute Gasteiger partial charge is 0.411 e. The van der Waals surface area contributed by atoms with Crippen LogP contribution in [0.1, 0.15) is 22.4 Å². The number of carbonyl (C=O) groups excluding carboxylic acids is 1. The molecule has 0 bridgehead atoms. The minimum atomic E-state index is -0.551. The number of aromatic nitrogens is 1. The van der Waals surface area contributed by atoms with Gasteiger partial charge in [0.1, 0.15) is 12.4 Å². The number of hydrogen-bond donors (Lipinski definition) is 1. The molecule has 3 rings (SSSR count). The average Bonchev–Trinajstić information content (AvgIpc) is 2.65. The molecule has 132 valence electrons. The maximum atomic E-state index is 12.8. The molecule has 1 amide bonds. The molecule has 0 spiro atoms. The number of nitrogens with one attached hydrogen (secondary N) is 1. The standard InChI is InChI=1S/C21H19FN2O2/c1-15-2-3-18(13-23-15)12-16-6-10-20(11-7-16)24-21(25)26-14-17-4-8-19(22)9-5-17/h2-11,13H,12,14H2,1H3,(H,24,25). The minimum Gasteiger partial charge on any atom is -0.444 e. The number of aryl methyl sites for hydroxylation is 1. The molecular formula is C21H19FN2O2. The van der Waals surface area contributed by atoms with Gasteiger partial charge in [0.05, 0.1) is 0 Å². The molecule has 0 fully saturated rings. The van der Waals surface area contributed by atoms with Crippen molar-refractivity contribution in [1.82, 2.24) is 4.98 Å². The van der Waals surface area contributed by atoms with E-state index in [0.717, 1.165) is 28.8 Å². The third-order valence-electron chi connectivity index (χ3n) is 3.86. The zero-order valence-corrected chi connectivity index (χ0v) is 14.4. The van der Waals surface area contributed by atoms with Crippen molar-refractivity contribution in [2.45, 2.75) is 20.0 Å². The van der Waals surface area contributed by atoms with Gasteiger partial charge in [-0.15, -0.1) is 0 Å². The zero-order chi connectivity index (χ0) is 18.4. The van der Waals surface area contributed by atoms with Gasteiger partial charge in [-0.05, 0) is 60.4 Å². The molecule has 1 aromatic heterocycles. The quantitative estimate of drug-likeness (QED) is 0.714. The van der Waals surface area contributed by atoms with Gasteiger partial charge in [-0.2, -0.15) is 0 Å². The lowest BCUT2D eigenvalue weighted by molar-refractivity contribution is 0.155. The van der Waals surface area contributed by atoms with Crippen molar-refractivity contribution in [2.24, 2.45) is 0 Å². The van der Waals surface area contributed by atoms with Gasteiger partial charge in [-0.3, -0.25) is 10.3 Å². The van der Waals surface area contributed by atoms with Crippen LogP contribution in [0.15, 0.2) is 66.9 Å². The number of nitrogens with zero attached hydrogens (tertiary/aromatic N) is 1. The first-order valence-electron chi connectivity index (χ1n) is 8.27. The van der Waals surface area contributed by atoms with Crippen molar-refractivity contribution >= 4 is 11.8 Å². The molecule has 0 aliphatic carbocycles. The molecule has 1 heterocycles. The van der Waals surface area contributed by atoms with Gasteiger partial charge in [0.25, 0.3) is 0 Å². The fourth-order valence-electron chi connectivity index (χ4n) is 2.43. The summed E-state index contributed by atoms with van der Waals surface area (Å²) < 4.78 is 18.0. The Balaban J connectivity index is 1.50. The van der Waals surface area contributed by atoms with Crippen molar-refractivity contribution in [3.63, 3.8) is 0 Å². The molecular weight excluding hydrogens is 331 g/mol. The number of anilines is 1. The van der Waals surface area contributed by atoms with Crippen LogP contribution in [-0.2, 0) is 17.8 Å². The van der Waals surface area contributed by atoms with E-state index in [1.807, 2.05) is 43.5 Å². The summed E-state index contributed by atoms with van der Waals surface area (Å²) in [7, 11) is 0. The van der Waals surface area contributed by atoms with Gasteiger partial charge in [-0.25, -0.2) is 9.18 Å². The molecule has 0 unspecified atom stereocenters. The predicted molar refractivity (Wildman–Crippen MR) is 98.4 cm³/mol. The highest BCUT2D eigenvalue weighted by atomic mass is 19.1. The number of ether oxygens (including phenoxy) is 1. The average molecular weight is 350 g/mol. The van der Waals surface area contributed by atoms with Crippen LogP contribution in [0.2, 0.25) is 0 Å². The van der Waals surface area contributed by atoms with Gasteiger partial charge in [0.2, 0.25) is 0 Å². The molecule has 0 saturated carbocycles. The van der Waals surface area contributed by atoms with E-state index in [9.17, 15) is 9.18 Å². The summed E-state index contributed by atoms with van der Waals surface area (Å²) in [6, 6.07) is 17.4. The molecule has 3 aromatic rings. The van der Waals surface area contributed by atoms with Gasteiger partial charge in [-0.1, -0.05) is 30.3 Å². The number of hydrogen-bond acceptors (Lipinski definition) is 3. The monoisotopic (exact) mass is 350 g/mol. The number of rotatable bonds is 5. The number of carbonyl (C=O) groups is 1. The summed E-state index contributed by atoms with van der Waals surface area (Å²) >= 11 is 0. The van der Waals surface area contributed by atoms with Crippen molar-refractivity contribution in [3.8, 4) is 0 Å². The second-order valence-electron chi connectivity index (χ2n) is 6.01. The summed E-state index contributed by atoms with van der Waals surface area (Å²) in [6.07, 6.45) is 2.10. The molecule has 0 atom stereocenters. The Morgan fingerprint density at radius 1 is 0.962 bits per heavy atom. The van der Waals surface area contributed by atoms with Crippen LogP contribution in [-0.4, -0.2) is 11.1 Å². The lowest BCUT2D eigenvalue weighted by atomic mass is 10.1. The minimum absolute atomic E-state index is 0.0879. The molecule has 4 nitrogen and oxygen atoms in total. The third kappa shape index (κ3) is 5.14. The Morgan fingerprint density at radius 3 is 2.27 bits per heavy atom. The first-order valence-corrected chi connectivity index (χ1v) is 8.27. The summed E-state index contributed by atoms with van der Waals surface area (Å²) in [4.78, 5) is 16.1. The van der Waals surface area contributed by atoms with Crippen LogP contribution in [0.25, 0.3) is 0 Å². The molecule has 2 aromatic carbocycles. The molecule has 0 radical (unpaired) electrons. The Morgan fingerprint density at radius 2 is 1.62 bits per heavy atom. The van der Waals surface area contributed by atoms with Crippen molar-refractivity contribution in [1.29, 1.82) is 0 Å². The topological polar surface area (TPSA) is 51.2 Å². The lowest BCUT2D eigenvalue weighted by Gasteiger charge is -2.08. The van der Waals surface area contributed by atoms with E-state index >= 15 is 0 Å². The number of pyridine rings is 1.